The number of hydrogen-bond acceptors (Lipinski definition) is 1. The Morgan fingerprint density at radius 3 is 2.33 bits per heavy atom. The van der Waals surface area contributed by atoms with Gasteiger partial charge in [0.25, 0.3) is 0 Å². The summed E-state index contributed by atoms with van der Waals surface area (Å²) >= 11 is 0. The maximum Gasteiger partial charge on any atom is 0.0818 e. The van der Waals surface area contributed by atoms with Crippen LogP contribution < -0.4 is 0 Å². The van der Waals surface area contributed by atoms with Crippen LogP contribution in [0.1, 0.15) is 55.9 Å². The van der Waals surface area contributed by atoms with E-state index in [-0.39, 0.29) is 6.10 Å². The zero-order chi connectivity index (χ0) is 12.7. The first-order valence-electron chi connectivity index (χ1n) is 7.52. The van der Waals surface area contributed by atoms with Crippen LogP contribution in [0.4, 0.5) is 0 Å². The molecule has 0 spiro atoms. The van der Waals surface area contributed by atoms with Crippen LogP contribution in [-0.4, -0.2) is 5.11 Å². The SMILES string of the molecule is CCc1ccc(C(O)C2CC3CC3C2)cc1CC. The van der Waals surface area contributed by atoms with Crippen molar-refractivity contribution in [2.45, 2.75) is 52.1 Å². The molecule has 1 N–H and O–H groups in total. The molecule has 0 aromatic heterocycles. The van der Waals surface area contributed by atoms with Gasteiger partial charge in [0.1, 0.15) is 0 Å². The number of hydrogen-bond donors (Lipinski definition) is 1. The highest BCUT2D eigenvalue weighted by atomic mass is 16.3. The van der Waals surface area contributed by atoms with Gasteiger partial charge in [-0.1, -0.05) is 32.0 Å². The zero-order valence-electron chi connectivity index (χ0n) is 11.5. The molecule has 0 saturated heterocycles. The number of fused-ring (bicyclic) bond motifs is 1. The molecule has 3 rings (SSSR count). The van der Waals surface area contributed by atoms with Crippen molar-refractivity contribution in [3.63, 3.8) is 0 Å². The second-order valence-electron chi connectivity index (χ2n) is 6.17. The number of benzene rings is 1. The van der Waals surface area contributed by atoms with Crippen LogP contribution in [0.2, 0.25) is 0 Å². The second-order valence-corrected chi connectivity index (χ2v) is 6.17. The third-order valence-corrected chi connectivity index (χ3v) is 5.06. The van der Waals surface area contributed by atoms with Crippen LogP contribution in [0.15, 0.2) is 18.2 Å². The number of rotatable bonds is 4. The Balaban J connectivity index is 1.78. The van der Waals surface area contributed by atoms with E-state index in [9.17, 15) is 5.11 Å². The molecule has 3 unspecified atom stereocenters. The lowest BCUT2D eigenvalue weighted by Crippen LogP contribution is -2.11. The lowest BCUT2D eigenvalue weighted by atomic mass is 9.89. The van der Waals surface area contributed by atoms with Crippen molar-refractivity contribution in [3.8, 4) is 0 Å². The minimum atomic E-state index is -0.228. The van der Waals surface area contributed by atoms with Crippen LogP contribution in [-0.2, 0) is 12.8 Å². The van der Waals surface area contributed by atoms with E-state index in [2.05, 4.69) is 32.0 Å². The Morgan fingerprint density at radius 1 is 1.06 bits per heavy atom. The number of aryl methyl sites for hydroxylation is 2. The summed E-state index contributed by atoms with van der Waals surface area (Å²) in [4.78, 5) is 0. The van der Waals surface area contributed by atoms with Gasteiger partial charge in [-0.2, -0.15) is 0 Å². The lowest BCUT2D eigenvalue weighted by Gasteiger charge is -2.21. The average Bonchev–Trinajstić information content (AvgIpc) is 3.03. The van der Waals surface area contributed by atoms with Gasteiger partial charge in [-0.05, 0) is 66.5 Å². The molecule has 3 atom stereocenters. The van der Waals surface area contributed by atoms with E-state index in [4.69, 9.17) is 0 Å². The largest absolute Gasteiger partial charge is 0.388 e. The Hall–Kier alpha value is -0.820. The topological polar surface area (TPSA) is 20.2 Å². The molecule has 2 aliphatic rings. The highest BCUT2D eigenvalue weighted by Crippen LogP contribution is 2.57. The normalized spacial score (nSPS) is 31.2. The molecule has 1 heteroatoms. The molecule has 0 radical (unpaired) electrons. The minimum Gasteiger partial charge on any atom is -0.388 e. The molecule has 2 fully saturated rings. The van der Waals surface area contributed by atoms with Crippen LogP contribution in [0.5, 0.6) is 0 Å². The molecule has 98 valence electrons. The Bertz CT molecular complexity index is 427. The van der Waals surface area contributed by atoms with Gasteiger partial charge in [0.05, 0.1) is 6.10 Å². The van der Waals surface area contributed by atoms with Gasteiger partial charge in [-0.3, -0.25) is 0 Å². The van der Waals surface area contributed by atoms with Crippen LogP contribution in [0.3, 0.4) is 0 Å². The fraction of sp³-hybridized carbons (Fsp3) is 0.647. The zero-order valence-corrected chi connectivity index (χ0v) is 11.5. The predicted octanol–water partition coefficient (Wildman–Crippen LogP) is 3.89. The minimum absolute atomic E-state index is 0.228. The smallest absolute Gasteiger partial charge is 0.0818 e. The first-order valence-corrected chi connectivity index (χ1v) is 7.52. The van der Waals surface area contributed by atoms with Gasteiger partial charge in [0.15, 0.2) is 0 Å². The van der Waals surface area contributed by atoms with Crippen molar-refractivity contribution in [2.24, 2.45) is 17.8 Å². The molecule has 1 aromatic carbocycles. The lowest BCUT2D eigenvalue weighted by molar-refractivity contribution is 0.104. The molecular weight excluding hydrogens is 220 g/mol. The standard InChI is InChI=1S/C17H24O/c1-3-11-5-6-13(7-12(11)4-2)17(18)16-9-14-8-15(14)10-16/h5-7,14-18H,3-4,8-10H2,1-2H3. The highest BCUT2D eigenvalue weighted by molar-refractivity contribution is 5.33. The molecule has 2 saturated carbocycles. The maximum absolute atomic E-state index is 10.5. The Kier molecular flexibility index (Phi) is 3.19. The summed E-state index contributed by atoms with van der Waals surface area (Å²) in [5.41, 5.74) is 4.00. The quantitative estimate of drug-likeness (QED) is 0.852. The van der Waals surface area contributed by atoms with Gasteiger partial charge in [0.2, 0.25) is 0 Å². The molecule has 2 aliphatic carbocycles. The molecule has 0 aliphatic heterocycles. The van der Waals surface area contributed by atoms with Crippen molar-refractivity contribution in [1.29, 1.82) is 0 Å². The van der Waals surface area contributed by atoms with Crippen molar-refractivity contribution in [1.82, 2.24) is 0 Å². The maximum atomic E-state index is 10.5. The van der Waals surface area contributed by atoms with E-state index in [1.54, 1.807) is 0 Å². The number of aliphatic hydroxyl groups excluding tert-OH is 1. The summed E-state index contributed by atoms with van der Waals surface area (Å²) in [7, 11) is 0. The van der Waals surface area contributed by atoms with Gasteiger partial charge < -0.3 is 5.11 Å². The van der Waals surface area contributed by atoms with Crippen molar-refractivity contribution in [3.05, 3.63) is 34.9 Å². The summed E-state index contributed by atoms with van der Waals surface area (Å²) in [5, 5.41) is 10.5. The second kappa shape index (κ2) is 4.70. The van der Waals surface area contributed by atoms with Crippen molar-refractivity contribution < 1.29 is 5.11 Å². The third kappa shape index (κ3) is 2.09. The van der Waals surface area contributed by atoms with E-state index in [1.807, 2.05) is 0 Å². The highest BCUT2D eigenvalue weighted by Gasteiger charge is 2.47. The molecule has 1 nitrogen and oxygen atoms in total. The predicted molar refractivity (Wildman–Crippen MR) is 74.5 cm³/mol. The van der Waals surface area contributed by atoms with Crippen LogP contribution in [0.25, 0.3) is 0 Å². The van der Waals surface area contributed by atoms with Crippen molar-refractivity contribution >= 4 is 0 Å². The van der Waals surface area contributed by atoms with E-state index < -0.39 is 0 Å². The summed E-state index contributed by atoms with van der Waals surface area (Å²) in [6, 6.07) is 6.60. The molecule has 1 aromatic rings. The average molecular weight is 244 g/mol. The van der Waals surface area contributed by atoms with Crippen LogP contribution in [0, 0.1) is 17.8 Å². The van der Waals surface area contributed by atoms with E-state index in [1.165, 1.54) is 30.4 Å². The van der Waals surface area contributed by atoms with E-state index in [0.717, 1.165) is 30.2 Å². The van der Waals surface area contributed by atoms with Gasteiger partial charge >= 0.3 is 0 Å². The molecular formula is C17H24O. The van der Waals surface area contributed by atoms with Gasteiger partial charge in [0, 0.05) is 0 Å². The monoisotopic (exact) mass is 244 g/mol. The first-order chi connectivity index (χ1) is 8.72. The van der Waals surface area contributed by atoms with Crippen LogP contribution >= 0.6 is 0 Å². The molecule has 18 heavy (non-hydrogen) atoms. The van der Waals surface area contributed by atoms with Crippen molar-refractivity contribution in [2.75, 3.05) is 0 Å². The molecule has 0 amide bonds. The molecule has 0 bridgehead atoms. The van der Waals surface area contributed by atoms with E-state index in [0.29, 0.717) is 5.92 Å². The fourth-order valence-electron chi connectivity index (χ4n) is 3.80. The summed E-state index contributed by atoms with van der Waals surface area (Å²) in [6.07, 6.45) is 5.87. The number of aliphatic hydroxyl groups is 1. The molecule has 0 heterocycles. The van der Waals surface area contributed by atoms with Gasteiger partial charge in [-0.15, -0.1) is 0 Å². The fourth-order valence-corrected chi connectivity index (χ4v) is 3.80. The first kappa shape index (κ1) is 12.2. The summed E-state index contributed by atoms with van der Waals surface area (Å²) < 4.78 is 0. The summed E-state index contributed by atoms with van der Waals surface area (Å²) in [6.45, 7) is 4.41. The Labute approximate surface area is 110 Å². The third-order valence-electron chi connectivity index (χ3n) is 5.06. The summed E-state index contributed by atoms with van der Waals surface area (Å²) in [5.74, 6) is 2.42. The van der Waals surface area contributed by atoms with Gasteiger partial charge in [-0.25, -0.2) is 0 Å². The van der Waals surface area contributed by atoms with E-state index >= 15 is 0 Å². The Morgan fingerprint density at radius 2 is 1.72 bits per heavy atom.